The van der Waals surface area contributed by atoms with Crippen LogP contribution in [0.3, 0.4) is 0 Å². The van der Waals surface area contributed by atoms with Crippen LogP contribution in [0.25, 0.3) is 0 Å². The fourth-order valence-electron chi connectivity index (χ4n) is 2.26. The topological polar surface area (TPSA) is 76.7 Å². The zero-order valence-electron chi connectivity index (χ0n) is 14.4. The van der Waals surface area contributed by atoms with Crippen LogP contribution in [0.5, 0.6) is 5.75 Å². The van der Waals surface area contributed by atoms with Gasteiger partial charge in [0.1, 0.15) is 5.75 Å². The van der Waals surface area contributed by atoms with Gasteiger partial charge in [0.05, 0.1) is 19.3 Å². The van der Waals surface area contributed by atoms with Crippen molar-refractivity contribution >= 4 is 23.3 Å². The van der Waals surface area contributed by atoms with Crippen LogP contribution in [0.1, 0.15) is 23.7 Å². The summed E-state index contributed by atoms with van der Waals surface area (Å²) in [6.07, 6.45) is 0.267. The Kier molecular flexibility index (Phi) is 6.83. The highest BCUT2D eigenvalue weighted by atomic mass is 16.5. The van der Waals surface area contributed by atoms with E-state index in [2.05, 4.69) is 10.6 Å². The van der Waals surface area contributed by atoms with Crippen molar-refractivity contribution in [1.82, 2.24) is 0 Å². The summed E-state index contributed by atoms with van der Waals surface area (Å²) < 4.78 is 10.1. The van der Waals surface area contributed by atoms with Gasteiger partial charge in [-0.05, 0) is 43.3 Å². The number of rotatable bonds is 8. The molecule has 0 spiro atoms. The number of hydrogen-bond acceptors (Lipinski definition) is 5. The first-order chi connectivity index (χ1) is 12.1. The van der Waals surface area contributed by atoms with Gasteiger partial charge in [-0.3, -0.25) is 4.79 Å². The van der Waals surface area contributed by atoms with Crippen LogP contribution in [0.2, 0.25) is 0 Å². The number of nitrogens with one attached hydrogen (secondary N) is 2. The van der Waals surface area contributed by atoms with Crippen LogP contribution < -0.4 is 15.4 Å². The van der Waals surface area contributed by atoms with Crippen molar-refractivity contribution in [3.05, 3.63) is 54.1 Å². The molecular weight excluding hydrogens is 320 g/mol. The third-order valence-electron chi connectivity index (χ3n) is 3.45. The van der Waals surface area contributed by atoms with E-state index in [0.29, 0.717) is 30.1 Å². The fourth-order valence-corrected chi connectivity index (χ4v) is 2.26. The summed E-state index contributed by atoms with van der Waals surface area (Å²) in [6, 6.07) is 14.2. The largest absolute Gasteiger partial charge is 0.494 e. The maximum absolute atomic E-state index is 12.0. The van der Waals surface area contributed by atoms with Gasteiger partial charge >= 0.3 is 5.97 Å². The Hall–Kier alpha value is -3.02. The van der Waals surface area contributed by atoms with Gasteiger partial charge < -0.3 is 20.1 Å². The van der Waals surface area contributed by atoms with Crippen molar-refractivity contribution in [3.63, 3.8) is 0 Å². The van der Waals surface area contributed by atoms with E-state index in [1.165, 1.54) is 7.11 Å². The third kappa shape index (κ3) is 5.53. The molecule has 0 heterocycles. The minimum absolute atomic E-state index is 0.118. The second-order valence-electron chi connectivity index (χ2n) is 5.22. The number of carbonyl (C=O) groups excluding carboxylic acids is 2. The van der Waals surface area contributed by atoms with E-state index in [1.807, 2.05) is 25.1 Å². The second kappa shape index (κ2) is 9.32. The van der Waals surface area contributed by atoms with Crippen molar-refractivity contribution in [1.29, 1.82) is 0 Å². The molecule has 2 rings (SSSR count). The highest BCUT2D eigenvalue weighted by Crippen LogP contribution is 2.17. The Balaban J connectivity index is 1.84. The predicted octanol–water partition coefficient (Wildman–Crippen LogP) is 3.31. The lowest BCUT2D eigenvalue weighted by atomic mass is 10.2. The lowest BCUT2D eigenvalue weighted by molar-refractivity contribution is -0.115. The lowest BCUT2D eigenvalue weighted by Gasteiger charge is -2.11. The van der Waals surface area contributed by atoms with E-state index in [0.717, 1.165) is 5.75 Å². The molecule has 0 aliphatic heterocycles. The molecule has 0 saturated carbocycles. The molecule has 0 atom stereocenters. The number of amides is 1. The highest BCUT2D eigenvalue weighted by molar-refractivity contribution is 5.95. The zero-order chi connectivity index (χ0) is 18.1. The molecule has 0 aliphatic rings. The normalized spacial score (nSPS) is 10.0. The quantitative estimate of drug-likeness (QED) is 0.720. The van der Waals surface area contributed by atoms with Crippen LogP contribution in [0, 0.1) is 0 Å². The maximum Gasteiger partial charge on any atom is 0.339 e. The van der Waals surface area contributed by atoms with Crippen molar-refractivity contribution in [2.45, 2.75) is 13.3 Å². The zero-order valence-corrected chi connectivity index (χ0v) is 14.4. The van der Waals surface area contributed by atoms with E-state index in [9.17, 15) is 9.59 Å². The molecule has 0 unspecified atom stereocenters. The Morgan fingerprint density at radius 2 is 1.76 bits per heavy atom. The molecule has 0 fully saturated rings. The smallest absolute Gasteiger partial charge is 0.339 e. The van der Waals surface area contributed by atoms with E-state index in [-0.39, 0.29) is 12.3 Å². The first kappa shape index (κ1) is 18.3. The van der Waals surface area contributed by atoms with E-state index >= 15 is 0 Å². The molecule has 0 aliphatic carbocycles. The van der Waals surface area contributed by atoms with Crippen molar-refractivity contribution in [3.8, 4) is 5.75 Å². The number of carbonyl (C=O) groups is 2. The van der Waals surface area contributed by atoms with E-state index in [1.54, 1.807) is 30.3 Å². The van der Waals surface area contributed by atoms with Gasteiger partial charge in [-0.2, -0.15) is 0 Å². The molecule has 0 bridgehead atoms. The predicted molar refractivity (Wildman–Crippen MR) is 97.1 cm³/mol. The third-order valence-corrected chi connectivity index (χ3v) is 3.45. The minimum Gasteiger partial charge on any atom is -0.494 e. The molecule has 1 amide bonds. The molecule has 6 heteroatoms. The molecule has 132 valence electrons. The van der Waals surface area contributed by atoms with Crippen LogP contribution in [-0.4, -0.2) is 32.1 Å². The summed E-state index contributed by atoms with van der Waals surface area (Å²) >= 11 is 0. The standard InChI is InChI=1S/C19H22N2O4/c1-3-25-15-10-8-14(9-11-15)21-18(22)12-13-20-17-7-5-4-6-16(17)19(23)24-2/h4-11,20H,3,12-13H2,1-2H3,(H,21,22). The van der Waals surface area contributed by atoms with E-state index < -0.39 is 5.97 Å². The van der Waals surface area contributed by atoms with Crippen LogP contribution in [0.15, 0.2) is 48.5 Å². The highest BCUT2D eigenvalue weighted by Gasteiger charge is 2.11. The van der Waals surface area contributed by atoms with Crippen LogP contribution in [-0.2, 0) is 9.53 Å². The molecule has 0 aromatic heterocycles. The van der Waals surface area contributed by atoms with Gasteiger partial charge in [-0.15, -0.1) is 0 Å². The summed E-state index contributed by atoms with van der Waals surface area (Å²) in [5, 5.41) is 5.91. The summed E-state index contributed by atoms with van der Waals surface area (Å²) in [7, 11) is 1.34. The average molecular weight is 342 g/mol. The molecule has 25 heavy (non-hydrogen) atoms. The second-order valence-corrected chi connectivity index (χ2v) is 5.22. The van der Waals surface area contributed by atoms with Gasteiger partial charge in [-0.25, -0.2) is 4.79 Å². The summed E-state index contributed by atoms with van der Waals surface area (Å²) in [5.41, 5.74) is 1.79. The Bertz CT molecular complexity index is 714. The maximum atomic E-state index is 12.0. The first-order valence-electron chi connectivity index (χ1n) is 8.08. The van der Waals surface area contributed by atoms with E-state index in [4.69, 9.17) is 9.47 Å². The number of para-hydroxylation sites is 1. The Morgan fingerprint density at radius 3 is 2.44 bits per heavy atom. The van der Waals surface area contributed by atoms with Gasteiger partial charge in [0.15, 0.2) is 0 Å². The molecule has 2 N–H and O–H groups in total. The molecule has 0 saturated heterocycles. The average Bonchev–Trinajstić information content (AvgIpc) is 2.63. The first-order valence-corrected chi connectivity index (χ1v) is 8.08. The van der Waals surface area contributed by atoms with Crippen molar-refractivity contribution in [2.24, 2.45) is 0 Å². The van der Waals surface area contributed by atoms with Crippen molar-refractivity contribution < 1.29 is 19.1 Å². The summed E-state index contributed by atoms with van der Waals surface area (Å²) in [6.45, 7) is 2.92. The molecule has 2 aromatic rings. The lowest BCUT2D eigenvalue weighted by Crippen LogP contribution is -2.17. The van der Waals surface area contributed by atoms with Crippen molar-refractivity contribution in [2.75, 3.05) is 30.9 Å². The summed E-state index contributed by atoms with van der Waals surface area (Å²) in [4.78, 5) is 23.7. The molecular formula is C19H22N2O4. The fraction of sp³-hybridized carbons (Fsp3) is 0.263. The molecule has 2 aromatic carbocycles. The Morgan fingerprint density at radius 1 is 1.04 bits per heavy atom. The van der Waals surface area contributed by atoms with Gasteiger partial charge in [0.2, 0.25) is 5.91 Å². The molecule has 6 nitrogen and oxygen atoms in total. The summed E-state index contributed by atoms with van der Waals surface area (Å²) in [5.74, 6) is 0.232. The van der Waals surface area contributed by atoms with Gasteiger partial charge in [0.25, 0.3) is 0 Å². The number of methoxy groups -OCH3 is 1. The van der Waals surface area contributed by atoms with Gasteiger partial charge in [-0.1, -0.05) is 12.1 Å². The monoisotopic (exact) mass is 342 g/mol. The number of ether oxygens (including phenoxy) is 2. The number of benzene rings is 2. The number of esters is 1. The van der Waals surface area contributed by atoms with Crippen LogP contribution in [0.4, 0.5) is 11.4 Å². The molecule has 0 radical (unpaired) electrons. The number of anilines is 2. The minimum atomic E-state index is -0.415. The Labute approximate surface area is 147 Å². The number of hydrogen-bond donors (Lipinski definition) is 2. The van der Waals surface area contributed by atoms with Gasteiger partial charge in [0, 0.05) is 24.3 Å². The van der Waals surface area contributed by atoms with Crippen LogP contribution >= 0.6 is 0 Å². The SMILES string of the molecule is CCOc1ccc(NC(=O)CCNc2ccccc2C(=O)OC)cc1.